The van der Waals surface area contributed by atoms with Crippen LogP contribution in [0.5, 0.6) is 0 Å². The summed E-state index contributed by atoms with van der Waals surface area (Å²) < 4.78 is 5.56. The summed E-state index contributed by atoms with van der Waals surface area (Å²) in [6.07, 6.45) is 7.25. The Morgan fingerprint density at radius 3 is 2.40 bits per heavy atom. The molecule has 1 aliphatic carbocycles. The minimum absolute atomic E-state index is 0.0181. The Balaban J connectivity index is 2.87. The van der Waals surface area contributed by atoms with Gasteiger partial charge in [0.05, 0.1) is 0 Å². The highest BCUT2D eigenvalue weighted by atomic mass is 16.6. The van der Waals surface area contributed by atoms with Gasteiger partial charge in [0, 0.05) is 18.5 Å². The van der Waals surface area contributed by atoms with Gasteiger partial charge in [0.25, 0.3) is 0 Å². The predicted molar refractivity (Wildman–Crippen MR) is 79.7 cm³/mol. The van der Waals surface area contributed by atoms with Gasteiger partial charge in [-0.1, -0.05) is 26.2 Å². The summed E-state index contributed by atoms with van der Waals surface area (Å²) in [4.78, 5) is 25.3. The number of carbonyl (C=O) groups is 2. The topological polar surface area (TPSA) is 46.6 Å². The monoisotopic (exact) mass is 283 g/mol. The summed E-state index contributed by atoms with van der Waals surface area (Å²) in [6.45, 7) is 7.73. The molecule has 0 bridgehead atoms. The number of hydrogen-bond acceptors (Lipinski definition) is 3. The van der Waals surface area contributed by atoms with E-state index in [-0.39, 0.29) is 18.2 Å². The van der Waals surface area contributed by atoms with Crippen molar-refractivity contribution in [3.63, 3.8) is 0 Å². The largest absolute Gasteiger partial charge is 0.444 e. The van der Waals surface area contributed by atoms with Crippen LogP contribution in [0.4, 0.5) is 4.79 Å². The molecule has 0 saturated heterocycles. The van der Waals surface area contributed by atoms with Gasteiger partial charge in [-0.15, -0.1) is 0 Å². The molecule has 0 aromatic carbocycles. The van der Waals surface area contributed by atoms with E-state index in [0.717, 1.165) is 44.8 Å². The number of carbonyl (C=O) groups excluding carboxylic acids is 2. The van der Waals surface area contributed by atoms with Crippen molar-refractivity contribution in [3.05, 3.63) is 0 Å². The Labute approximate surface area is 122 Å². The molecular weight excluding hydrogens is 254 g/mol. The van der Waals surface area contributed by atoms with Crippen LogP contribution in [0.15, 0.2) is 0 Å². The molecule has 1 fully saturated rings. The number of rotatable bonds is 6. The van der Waals surface area contributed by atoms with E-state index in [1.807, 2.05) is 25.7 Å². The fourth-order valence-electron chi connectivity index (χ4n) is 2.91. The number of hydrogen-bond donors (Lipinski definition) is 0. The van der Waals surface area contributed by atoms with Gasteiger partial charge >= 0.3 is 6.09 Å². The zero-order valence-electron chi connectivity index (χ0n) is 13.4. The summed E-state index contributed by atoms with van der Waals surface area (Å²) >= 11 is 0. The van der Waals surface area contributed by atoms with Crippen molar-refractivity contribution in [2.45, 2.75) is 90.3 Å². The second kappa shape index (κ2) is 7.65. The Kier molecular flexibility index (Phi) is 6.50. The molecule has 4 heteroatoms. The Hall–Kier alpha value is -1.06. The minimum Gasteiger partial charge on any atom is -0.444 e. The molecule has 0 aromatic heterocycles. The molecule has 1 amide bonds. The Morgan fingerprint density at radius 1 is 1.35 bits per heavy atom. The summed E-state index contributed by atoms with van der Waals surface area (Å²) in [5, 5.41) is 0. The van der Waals surface area contributed by atoms with E-state index in [1.54, 1.807) is 0 Å². The molecule has 1 aliphatic rings. The van der Waals surface area contributed by atoms with Gasteiger partial charge in [-0.05, 0) is 40.0 Å². The normalized spacial score (nSPS) is 17.8. The van der Waals surface area contributed by atoms with Crippen molar-refractivity contribution < 1.29 is 14.3 Å². The molecular formula is C16H29NO3. The molecule has 1 atom stereocenters. The summed E-state index contributed by atoms with van der Waals surface area (Å²) in [5.41, 5.74) is -0.494. The lowest BCUT2D eigenvalue weighted by atomic mass is 10.0. The second-order valence-corrected chi connectivity index (χ2v) is 6.67. The van der Waals surface area contributed by atoms with Crippen molar-refractivity contribution >= 4 is 12.4 Å². The van der Waals surface area contributed by atoms with Crippen molar-refractivity contribution in [1.82, 2.24) is 4.90 Å². The molecule has 20 heavy (non-hydrogen) atoms. The van der Waals surface area contributed by atoms with Crippen LogP contribution in [0.3, 0.4) is 0 Å². The maximum Gasteiger partial charge on any atom is 0.410 e. The predicted octanol–water partition coefficient (Wildman–Crippen LogP) is 3.92. The number of nitrogens with zero attached hydrogens (tertiary/aromatic N) is 1. The van der Waals surface area contributed by atoms with E-state index in [9.17, 15) is 9.59 Å². The smallest absolute Gasteiger partial charge is 0.410 e. The standard InChI is InChI=1S/C16H29NO3/c1-5-8-13(11-12-18)17(14-9-6-7-10-14)15(19)20-16(2,3)4/h12-14H,5-11H2,1-4H3. The fourth-order valence-corrected chi connectivity index (χ4v) is 2.91. The number of aldehydes is 1. The maximum atomic E-state index is 12.5. The summed E-state index contributed by atoms with van der Waals surface area (Å²) in [7, 11) is 0. The Bertz CT molecular complexity index is 316. The average molecular weight is 283 g/mol. The third-order valence-corrected chi connectivity index (χ3v) is 3.71. The molecule has 1 saturated carbocycles. The highest BCUT2D eigenvalue weighted by Crippen LogP contribution is 2.29. The van der Waals surface area contributed by atoms with Crippen LogP contribution in [0.2, 0.25) is 0 Å². The highest BCUT2D eigenvalue weighted by molar-refractivity contribution is 5.69. The zero-order chi connectivity index (χ0) is 15.2. The number of ether oxygens (including phenoxy) is 1. The third-order valence-electron chi connectivity index (χ3n) is 3.71. The van der Waals surface area contributed by atoms with E-state index in [2.05, 4.69) is 6.92 Å². The van der Waals surface area contributed by atoms with Gasteiger partial charge in [0.2, 0.25) is 0 Å². The van der Waals surface area contributed by atoms with Gasteiger partial charge in [-0.3, -0.25) is 0 Å². The lowest BCUT2D eigenvalue weighted by Gasteiger charge is -2.37. The first kappa shape index (κ1) is 17.0. The molecule has 0 radical (unpaired) electrons. The molecule has 1 rings (SSSR count). The van der Waals surface area contributed by atoms with E-state index in [1.165, 1.54) is 0 Å². The first-order valence-electron chi connectivity index (χ1n) is 7.84. The fraction of sp³-hybridized carbons (Fsp3) is 0.875. The van der Waals surface area contributed by atoms with Gasteiger partial charge in [-0.2, -0.15) is 0 Å². The van der Waals surface area contributed by atoms with Gasteiger partial charge in [0.1, 0.15) is 11.9 Å². The lowest BCUT2D eigenvalue weighted by molar-refractivity contribution is -0.109. The van der Waals surface area contributed by atoms with Crippen LogP contribution in [-0.4, -0.2) is 35.0 Å². The van der Waals surface area contributed by atoms with Gasteiger partial charge in [0.15, 0.2) is 0 Å². The molecule has 0 aromatic rings. The second-order valence-electron chi connectivity index (χ2n) is 6.67. The van der Waals surface area contributed by atoms with Gasteiger partial charge < -0.3 is 14.4 Å². The van der Waals surface area contributed by atoms with E-state index >= 15 is 0 Å². The molecule has 0 aliphatic heterocycles. The van der Waals surface area contributed by atoms with Crippen LogP contribution in [-0.2, 0) is 9.53 Å². The first-order chi connectivity index (χ1) is 9.39. The molecule has 4 nitrogen and oxygen atoms in total. The van der Waals surface area contributed by atoms with Crippen molar-refractivity contribution in [3.8, 4) is 0 Å². The molecule has 0 heterocycles. The summed E-state index contributed by atoms with van der Waals surface area (Å²) in [6, 6.07) is 0.219. The van der Waals surface area contributed by atoms with Crippen molar-refractivity contribution in [2.24, 2.45) is 0 Å². The minimum atomic E-state index is -0.494. The van der Waals surface area contributed by atoms with Crippen molar-refractivity contribution in [2.75, 3.05) is 0 Å². The van der Waals surface area contributed by atoms with E-state index < -0.39 is 5.60 Å². The molecule has 0 N–H and O–H groups in total. The molecule has 1 unspecified atom stereocenters. The molecule has 0 spiro atoms. The molecule has 116 valence electrons. The van der Waals surface area contributed by atoms with Crippen LogP contribution in [0.1, 0.15) is 72.6 Å². The first-order valence-corrected chi connectivity index (χ1v) is 7.84. The highest BCUT2D eigenvalue weighted by Gasteiger charge is 2.34. The summed E-state index contributed by atoms with van der Waals surface area (Å²) in [5.74, 6) is 0. The zero-order valence-corrected chi connectivity index (χ0v) is 13.4. The quantitative estimate of drug-likeness (QED) is 0.694. The van der Waals surface area contributed by atoms with Crippen LogP contribution < -0.4 is 0 Å². The SMILES string of the molecule is CCCC(CC=O)N(C(=O)OC(C)(C)C)C1CCCC1. The van der Waals surface area contributed by atoms with E-state index in [0.29, 0.717) is 6.42 Å². The average Bonchev–Trinajstić information content (AvgIpc) is 2.81. The lowest BCUT2D eigenvalue weighted by Crippen LogP contribution is -2.48. The van der Waals surface area contributed by atoms with Crippen LogP contribution in [0.25, 0.3) is 0 Å². The van der Waals surface area contributed by atoms with Crippen LogP contribution >= 0.6 is 0 Å². The van der Waals surface area contributed by atoms with E-state index in [4.69, 9.17) is 4.74 Å². The van der Waals surface area contributed by atoms with Crippen molar-refractivity contribution in [1.29, 1.82) is 0 Å². The maximum absolute atomic E-state index is 12.5. The number of amides is 1. The van der Waals surface area contributed by atoms with Gasteiger partial charge in [-0.25, -0.2) is 4.79 Å². The third kappa shape index (κ3) is 5.14. The van der Waals surface area contributed by atoms with Crippen LogP contribution in [0, 0.1) is 0 Å². The Morgan fingerprint density at radius 2 is 1.95 bits per heavy atom.